The maximum atomic E-state index is 11.6. The molecule has 1 aliphatic rings. The van der Waals surface area contributed by atoms with Crippen molar-refractivity contribution in [1.29, 1.82) is 0 Å². The van der Waals surface area contributed by atoms with Crippen molar-refractivity contribution in [2.45, 2.75) is 6.54 Å². The Bertz CT molecular complexity index is 1430. The maximum Gasteiger partial charge on any atom is 0.336 e. The number of hydrogen-bond acceptors (Lipinski definition) is 6. The second-order valence-electron chi connectivity index (χ2n) is 8.13. The van der Waals surface area contributed by atoms with E-state index in [2.05, 4.69) is 20.2 Å². The Hall–Kier alpha value is -4.14. The smallest absolute Gasteiger partial charge is 0.336 e. The zero-order valence-corrected chi connectivity index (χ0v) is 21.1. The number of anilines is 2. The third-order valence-electron chi connectivity index (χ3n) is 5.68. The molecule has 0 unspecified atom stereocenters. The van der Waals surface area contributed by atoms with Crippen LogP contribution in [0.15, 0.2) is 79.3 Å². The number of amides is 1. The molecular weight excluding hydrogens is 513 g/mol. The lowest BCUT2D eigenvalue weighted by molar-refractivity contribution is 0.0697. The fourth-order valence-corrected chi connectivity index (χ4v) is 4.25. The molecule has 2 aromatic heterocycles. The topological polar surface area (TPSA) is 121 Å². The summed E-state index contributed by atoms with van der Waals surface area (Å²) in [7, 11) is 0. The van der Waals surface area contributed by atoms with Gasteiger partial charge in [-0.3, -0.25) is 9.78 Å². The summed E-state index contributed by atoms with van der Waals surface area (Å²) in [5.74, 6) is -0.618. The Morgan fingerprint density at radius 3 is 2.51 bits per heavy atom. The van der Waals surface area contributed by atoms with Crippen LogP contribution in [0, 0.1) is 0 Å². The highest BCUT2D eigenvalue weighted by atomic mass is 35.5. The fraction of sp³-hybridized carbons (Fsp3) is 0.111. The maximum absolute atomic E-state index is 11.6. The van der Waals surface area contributed by atoms with E-state index in [-0.39, 0.29) is 5.56 Å². The number of nitrogens with one attached hydrogen (secondary N) is 1. The van der Waals surface area contributed by atoms with Crippen molar-refractivity contribution < 1.29 is 14.7 Å². The van der Waals surface area contributed by atoms with Gasteiger partial charge in [-0.15, -0.1) is 0 Å². The van der Waals surface area contributed by atoms with Gasteiger partial charge in [0.25, 0.3) is 0 Å². The Kier molecular flexibility index (Phi) is 8.22. The SMILES string of the molecule is NC(=O)c1ccncc1.O=C(O)c1ccccc1-c1cnc2c(c1)N(Cc1cc(Cl)ccc1Cl)CCN2. The molecule has 1 aliphatic heterocycles. The number of carboxylic acids is 1. The van der Waals surface area contributed by atoms with Crippen molar-refractivity contribution in [1.82, 2.24) is 9.97 Å². The second-order valence-corrected chi connectivity index (χ2v) is 8.97. The molecule has 5 rings (SSSR count). The number of carboxylic acid groups (broad SMARTS) is 1. The van der Waals surface area contributed by atoms with E-state index >= 15 is 0 Å². The highest BCUT2D eigenvalue weighted by Crippen LogP contribution is 2.35. The lowest BCUT2D eigenvalue weighted by Crippen LogP contribution is -2.34. The number of pyridine rings is 2. The van der Waals surface area contributed by atoms with E-state index < -0.39 is 11.9 Å². The van der Waals surface area contributed by atoms with Gasteiger partial charge in [-0.25, -0.2) is 9.78 Å². The lowest BCUT2D eigenvalue weighted by atomic mass is 10.0. The van der Waals surface area contributed by atoms with E-state index in [9.17, 15) is 14.7 Å². The molecule has 188 valence electrons. The highest BCUT2D eigenvalue weighted by Gasteiger charge is 2.21. The number of aromatic carboxylic acids is 1. The first kappa shape index (κ1) is 25.9. The number of rotatable bonds is 5. The van der Waals surface area contributed by atoms with Gasteiger partial charge in [0.1, 0.15) is 5.82 Å². The minimum absolute atomic E-state index is 0.248. The van der Waals surface area contributed by atoms with Crippen LogP contribution in [-0.4, -0.2) is 40.0 Å². The Morgan fingerprint density at radius 1 is 1.05 bits per heavy atom. The number of fused-ring (bicyclic) bond motifs is 1. The van der Waals surface area contributed by atoms with Gasteiger partial charge >= 0.3 is 5.97 Å². The molecule has 4 aromatic rings. The number of benzene rings is 2. The zero-order chi connectivity index (χ0) is 26.4. The molecule has 4 N–H and O–H groups in total. The number of aromatic nitrogens is 2. The molecule has 1 amide bonds. The molecule has 0 bridgehead atoms. The minimum atomic E-state index is -0.964. The van der Waals surface area contributed by atoms with Crippen molar-refractivity contribution in [3.05, 3.63) is 106 Å². The number of halogens is 2. The summed E-state index contributed by atoms with van der Waals surface area (Å²) < 4.78 is 0. The van der Waals surface area contributed by atoms with Crippen LogP contribution in [0.1, 0.15) is 26.3 Å². The van der Waals surface area contributed by atoms with Gasteiger partial charge < -0.3 is 21.1 Å². The van der Waals surface area contributed by atoms with Crippen LogP contribution >= 0.6 is 23.2 Å². The number of primary amides is 1. The van der Waals surface area contributed by atoms with Crippen molar-refractivity contribution in [2.75, 3.05) is 23.3 Å². The van der Waals surface area contributed by atoms with Crippen molar-refractivity contribution >= 4 is 46.6 Å². The molecule has 10 heteroatoms. The van der Waals surface area contributed by atoms with Crippen LogP contribution < -0.4 is 16.0 Å². The van der Waals surface area contributed by atoms with Crippen molar-refractivity contribution in [3.8, 4) is 11.1 Å². The number of nitrogens with two attached hydrogens (primary N) is 1. The molecule has 0 fully saturated rings. The predicted octanol–water partition coefficient (Wildman–Crippen LogP) is 5.37. The normalized spacial score (nSPS) is 12.0. The molecular formula is C27H23Cl2N5O3. The molecule has 3 heterocycles. The Morgan fingerprint density at radius 2 is 1.81 bits per heavy atom. The van der Waals surface area contributed by atoms with E-state index in [1.54, 1.807) is 48.7 Å². The first-order chi connectivity index (χ1) is 17.8. The molecule has 0 radical (unpaired) electrons. The van der Waals surface area contributed by atoms with Gasteiger partial charge in [-0.1, -0.05) is 41.4 Å². The van der Waals surface area contributed by atoms with Gasteiger partial charge in [0.2, 0.25) is 5.91 Å². The summed E-state index contributed by atoms with van der Waals surface area (Å²) in [6, 6.07) is 17.5. The largest absolute Gasteiger partial charge is 0.478 e. The van der Waals surface area contributed by atoms with E-state index in [0.29, 0.717) is 27.7 Å². The van der Waals surface area contributed by atoms with E-state index in [0.717, 1.165) is 35.7 Å². The molecule has 37 heavy (non-hydrogen) atoms. The van der Waals surface area contributed by atoms with Gasteiger partial charge in [0.15, 0.2) is 0 Å². The van der Waals surface area contributed by atoms with E-state index in [1.165, 1.54) is 12.4 Å². The Labute approximate surface area is 223 Å². The van der Waals surface area contributed by atoms with E-state index in [4.69, 9.17) is 28.9 Å². The van der Waals surface area contributed by atoms with Crippen LogP contribution in [0.5, 0.6) is 0 Å². The minimum Gasteiger partial charge on any atom is -0.478 e. The van der Waals surface area contributed by atoms with Gasteiger partial charge in [0.05, 0.1) is 11.3 Å². The van der Waals surface area contributed by atoms with Crippen molar-refractivity contribution in [3.63, 3.8) is 0 Å². The number of carbonyl (C=O) groups is 2. The van der Waals surface area contributed by atoms with Crippen molar-refractivity contribution in [2.24, 2.45) is 5.73 Å². The monoisotopic (exact) mass is 535 g/mol. The van der Waals surface area contributed by atoms with Gasteiger partial charge in [-0.2, -0.15) is 0 Å². The summed E-state index contributed by atoms with van der Waals surface area (Å²) in [5.41, 5.74) is 8.91. The third kappa shape index (κ3) is 6.35. The summed E-state index contributed by atoms with van der Waals surface area (Å²) in [6.07, 6.45) is 4.75. The summed E-state index contributed by atoms with van der Waals surface area (Å²) in [5, 5.41) is 14.1. The summed E-state index contributed by atoms with van der Waals surface area (Å²) in [4.78, 5) is 32.4. The van der Waals surface area contributed by atoms with Gasteiger partial charge in [-0.05, 0) is 53.6 Å². The molecule has 0 aliphatic carbocycles. The van der Waals surface area contributed by atoms with Crippen LogP contribution in [-0.2, 0) is 6.54 Å². The average molecular weight is 536 g/mol. The van der Waals surface area contributed by atoms with Crippen LogP contribution in [0.3, 0.4) is 0 Å². The average Bonchev–Trinajstić information content (AvgIpc) is 2.91. The quantitative estimate of drug-likeness (QED) is 0.314. The molecule has 0 saturated carbocycles. The van der Waals surface area contributed by atoms with E-state index in [1.807, 2.05) is 18.2 Å². The standard InChI is InChI=1S/C21H17Cl2N3O2.C6H6N2O/c22-15-5-6-18(23)14(9-15)12-26-8-7-24-20-19(26)10-13(11-25-20)16-3-1-2-4-17(16)21(27)28;7-6(9)5-1-3-8-4-2-5/h1-6,9-11H,7-8,12H2,(H,24,25)(H,27,28);1-4H,(H2,7,9). The highest BCUT2D eigenvalue weighted by molar-refractivity contribution is 6.33. The van der Waals surface area contributed by atoms with Crippen LogP contribution in [0.25, 0.3) is 11.1 Å². The van der Waals surface area contributed by atoms with Crippen LogP contribution in [0.2, 0.25) is 10.0 Å². The number of nitrogens with zero attached hydrogens (tertiary/aromatic N) is 3. The third-order valence-corrected chi connectivity index (χ3v) is 6.29. The van der Waals surface area contributed by atoms with Gasteiger partial charge in [0, 0.05) is 59.4 Å². The lowest BCUT2D eigenvalue weighted by Gasteiger charge is -2.32. The zero-order valence-electron chi connectivity index (χ0n) is 19.6. The van der Waals surface area contributed by atoms with Crippen LogP contribution in [0.4, 0.5) is 11.5 Å². The number of carbonyl (C=O) groups excluding carboxylic acids is 1. The first-order valence-electron chi connectivity index (χ1n) is 11.3. The molecule has 2 aromatic carbocycles. The molecule has 0 saturated heterocycles. The summed E-state index contributed by atoms with van der Waals surface area (Å²) >= 11 is 12.5. The molecule has 0 spiro atoms. The number of hydrogen-bond donors (Lipinski definition) is 3. The second kappa shape index (κ2) is 11.7. The fourth-order valence-electron chi connectivity index (χ4n) is 3.88. The molecule has 8 nitrogen and oxygen atoms in total. The Balaban J connectivity index is 0.000000301. The summed E-state index contributed by atoms with van der Waals surface area (Å²) in [6.45, 7) is 2.10. The molecule has 0 atom stereocenters. The predicted molar refractivity (Wildman–Crippen MR) is 145 cm³/mol. The first-order valence-corrected chi connectivity index (χ1v) is 12.0.